The van der Waals surface area contributed by atoms with Gasteiger partial charge in [-0.15, -0.1) is 0 Å². The van der Waals surface area contributed by atoms with E-state index in [1.165, 1.54) is 0 Å². The summed E-state index contributed by atoms with van der Waals surface area (Å²) in [5.41, 5.74) is 0. The van der Waals surface area contributed by atoms with Gasteiger partial charge in [0.15, 0.2) is 0 Å². The van der Waals surface area contributed by atoms with Gasteiger partial charge >= 0.3 is 0 Å². The van der Waals surface area contributed by atoms with E-state index in [0.29, 0.717) is 11.8 Å². The zero-order valence-electron chi connectivity index (χ0n) is 10.4. The third-order valence-electron chi connectivity index (χ3n) is 2.53. The number of rotatable bonds is 6. The lowest BCUT2D eigenvalue weighted by Gasteiger charge is -2.29. The molecule has 15 heavy (non-hydrogen) atoms. The van der Waals surface area contributed by atoms with Crippen molar-refractivity contribution in [2.45, 2.75) is 20.8 Å². The summed E-state index contributed by atoms with van der Waals surface area (Å²) >= 11 is 0. The molecule has 1 aliphatic heterocycles. The molecule has 1 atom stereocenters. The third kappa shape index (κ3) is 6.13. The summed E-state index contributed by atoms with van der Waals surface area (Å²) in [6, 6.07) is 0. The SMILES string of the molecule is CC(C)COCC(C)CN1CCOCC1. The predicted octanol–water partition coefficient (Wildman–Crippen LogP) is 1.63. The molecule has 1 aliphatic rings. The molecule has 0 aromatic carbocycles. The highest BCUT2D eigenvalue weighted by atomic mass is 16.5. The molecule has 0 bridgehead atoms. The van der Waals surface area contributed by atoms with Crippen molar-refractivity contribution in [2.24, 2.45) is 11.8 Å². The van der Waals surface area contributed by atoms with Crippen molar-refractivity contribution in [1.29, 1.82) is 0 Å². The zero-order valence-corrected chi connectivity index (χ0v) is 10.4. The van der Waals surface area contributed by atoms with Crippen LogP contribution in [0.3, 0.4) is 0 Å². The van der Waals surface area contributed by atoms with E-state index in [0.717, 1.165) is 46.1 Å². The van der Waals surface area contributed by atoms with Crippen LogP contribution < -0.4 is 0 Å². The molecule has 1 rings (SSSR count). The van der Waals surface area contributed by atoms with E-state index in [4.69, 9.17) is 9.47 Å². The van der Waals surface area contributed by atoms with Crippen LogP contribution in [-0.4, -0.2) is 51.0 Å². The van der Waals surface area contributed by atoms with Crippen LogP contribution in [-0.2, 0) is 9.47 Å². The highest BCUT2D eigenvalue weighted by Crippen LogP contribution is 2.04. The van der Waals surface area contributed by atoms with Gasteiger partial charge in [0.1, 0.15) is 0 Å². The van der Waals surface area contributed by atoms with E-state index in [9.17, 15) is 0 Å². The standard InChI is InChI=1S/C12H25NO2/c1-11(2)9-15-10-12(3)8-13-4-6-14-7-5-13/h11-12H,4-10H2,1-3H3. The fraction of sp³-hybridized carbons (Fsp3) is 1.00. The van der Waals surface area contributed by atoms with Crippen molar-refractivity contribution < 1.29 is 9.47 Å². The Balaban J connectivity index is 2.03. The lowest BCUT2D eigenvalue weighted by Crippen LogP contribution is -2.39. The molecule has 1 unspecified atom stereocenters. The van der Waals surface area contributed by atoms with Crippen LogP contribution >= 0.6 is 0 Å². The van der Waals surface area contributed by atoms with Gasteiger partial charge in [0.05, 0.1) is 19.8 Å². The molecule has 0 aromatic heterocycles. The van der Waals surface area contributed by atoms with Crippen molar-refractivity contribution in [3.8, 4) is 0 Å². The Morgan fingerprint density at radius 1 is 1.13 bits per heavy atom. The molecular weight excluding hydrogens is 190 g/mol. The van der Waals surface area contributed by atoms with E-state index in [2.05, 4.69) is 25.7 Å². The molecule has 0 N–H and O–H groups in total. The molecular formula is C12H25NO2. The van der Waals surface area contributed by atoms with Gasteiger partial charge in [-0.25, -0.2) is 0 Å². The zero-order chi connectivity index (χ0) is 11.1. The lowest BCUT2D eigenvalue weighted by atomic mass is 10.1. The van der Waals surface area contributed by atoms with Crippen molar-refractivity contribution in [3.05, 3.63) is 0 Å². The topological polar surface area (TPSA) is 21.7 Å². The molecule has 0 spiro atoms. The fourth-order valence-electron chi connectivity index (χ4n) is 1.78. The van der Waals surface area contributed by atoms with Crippen LogP contribution in [0.1, 0.15) is 20.8 Å². The van der Waals surface area contributed by atoms with Crippen molar-refractivity contribution in [2.75, 3.05) is 46.1 Å². The first kappa shape index (κ1) is 12.9. The van der Waals surface area contributed by atoms with E-state index in [1.54, 1.807) is 0 Å². The molecule has 0 aromatic rings. The second-order valence-electron chi connectivity index (χ2n) is 4.95. The molecule has 0 saturated carbocycles. The predicted molar refractivity (Wildman–Crippen MR) is 62.1 cm³/mol. The first-order valence-electron chi connectivity index (χ1n) is 6.06. The third-order valence-corrected chi connectivity index (χ3v) is 2.53. The molecule has 1 saturated heterocycles. The molecule has 0 radical (unpaired) electrons. The molecule has 3 nitrogen and oxygen atoms in total. The maximum Gasteiger partial charge on any atom is 0.0594 e. The molecule has 1 heterocycles. The average Bonchev–Trinajstić information content (AvgIpc) is 2.18. The largest absolute Gasteiger partial charge is 0.381 e. The van der Waals surface area contributed by atoms with E-state index >= 15 is 0 Å². The Kier molecular flexibility index (Phi) is 6.22. The highest BCUT2D eigenvalue weighted by molar-refractivity contribution is 4.65. The first-order chi connectivity index (χ1) is 7.18. The Morgan fingerprint density at radius 3 is 2.40 bits per heavy atom. The van der Waals surface area contributed by atoms with E-state index < -0.39 is 0 Å². The summed E-state index contributed by atoms with van der Waals surface area (Å²) in [5, 5.41) is 0. The lowest BCUT2D eigenvalue weighted by molar-refractivity contribution is 0.0177. The van der Waals surface area contributed by atoms with Crippen LogP contribution in [0.15, 0.2) is 0 Å². The minimum Gasteiger partial charge on any atom is -0.381 e. The highest BCUT2D eigenvalue weighted by Gasteiger charge is 2.13. The van der Waals surface area contributed by atoms with Crippen LogP contribution in [0.5, 0.6) is 0 Å². The normalized spacial score (nSPS) is 20.8. The maximum atomic E-state index is 5.64. The van der Waals surface area contributed by atoms with Gasteiger partial charge in [-0.05, 0) is 11.8 Å². The van der Waals surface area contributed by atoms with Gasteiger partial charge in [0.25, 0.3) is 0 Å². The second-order valence-corrected chi connectivity index (χ2v) is 4.95. The van der Waals surface area contributed by atoms with E-state index in [-0.39, 0.29) is 0 Å². The average molecular weight is 215 g/mol. The van der Waals surface area contributed by atoms with Crippen molar-refractivity contribution >= 4 is 0 Å². The molecule has 3 heteroatoms. The minimum absolute atomic E-state index is 0.627. The van der Waals surface area contributed by atoms with Gasteiger partial charge in [-0.2, -0.15) is 0 Å². The number of ether oxygens (including phenoxy) is 2. The Morgan fingerprint density at radius 2 is 1.80 bits per heavy atom. The van der Waals surface area contributed by atoms with Crippen LogP contribution in [0.25, 0.3) is 0 Å². The van der Waals surface area contributed by atoms with Gasteiger partial charge < -0.3 is 9.47 Å². The Labute approximate surface area is 93.7 Å². The quantitative estimate of drug-likeness (QED) is 0.672. The Hall–Kier alpha value is -0.120. The summed E-state index contributed by atoms with van der Waals surface area (Å²) in [6.07, 6.45) is 0. The maximum absolute atomic E-state index is 5.64. The van der Waals surface area contributed by atoms with E-state index in [1.807, 2.05) is 0 Å². The summed E-state index contributed by atoms with van der Waals surface area (Å²) in [7, 11) is 0. The smallest absolute Gasteiger partial charge is 0.0594 e. The van der Waals surface area contributed by atoms with Gasteiger partial charge in [0, 0.05) is 26.2 Å². The molecule has 0 aliphatic carbocycles. The number of morpholine rings is 1. The molecule has 1 fully saturated rings. The number of hydrogen-bond acceptors (Lipinski definition) is 3. The molecule has 0 amide bonds. The summed E-state index contributed by atoms with van der Waals surface area (Å²) in [6.45, 7) is 13.5. The number of hydrogen-bond donors (Lipinski definition) is 0. The van der Waals surface area contributed by atoms with Crippen LogP contribution in [0.2, 0.25) is 0 Å². The summed E-state index contributed by atoms with van der Waals surface area (Å²) in [4.78, 5) is 2.47. The second kappa shape index (κ2) is 7.20. The van der Waals surface area contributed by atoms with Crippen molar-refractivity contribution in [1.82, 2.24) is 4.90 Å². The van der Waals surface area contributed by atoms with Gasteiger partial charge in [-0.3, -0.25) is 4.90 Å². The monoisotopic (exact) mass is 215 g/mol. The fourth-order valence-corrected chi connectivity index (χ4v) is 1.78. The summed E-state index contributed by atoms with van der Waals surface area (Å²) in [5.74, 6) is 1.27. The van der Waals surface area contributed by atoms with Crippen molar-refractivity contribution in [3.63, 3.8) is 0 Å². The van der Waals surface area contributed by atoms with Crippen LogP contribution in [0.4, 0.5) is 0 Å². The van der Waals surface area contributed by atoms with Gasteiger partial charge in [0.2, 0.25) is 0 Å². The Bertz CT molecular complexity index is 156. The number of nitrogens with zero attached hydrogens (tertiary/aromatic N) is 1. The van der Waals surface area contributed by atoms with Gasteiger partial charge in [-0.1, -0.05) is 20.8 Å². The van der Waals surface area contributed by atoms with Crippen LogP contribution in [0, 0.1) is 11.8 Å². The molecule has 90 valence electrons. The minimum atomic E-state index is 0.627. The summed E-state index contributed by atoms with van der Waals surface area (Å²) < 4.78 is 11.0. The first-order valence-corrected chi connectivity index (χ1v) is 6.06.